The van der Waals surface area contributed by atoms with Crippen LogP contribution in [0.15, 0.2) is 24.3 Å². The van der Waals surface area contributed by atoms with Gasteiger partial charge in [0.05, 0.1) is 6.61 Å². The van der Waals surface area contributed by atoms with Gasteiger partial charge in [0, 0.05) is 11.7 Å². The van der Waals surface area contributed by atoms with Crippen LogP contribution in [0.25, 0.3) is 0 Å². The molecule has 2 fully saturated rings. The minimum absolute atomic E-state index is 0.511. The molecule has 3 atom stereocenters. The highest BCUT2D eigenvalue weighted by atomic mass is 16.5. The molecule has 6 nitrogen and oxygen atoms in total. The number of rotatable bonds is 10. The maximum absolute atomic E-state index is 5.82. The van der Waals surface area contributed by atoms with Crippen molar-refractivity contribution in [3.05, 3.63) is 30.1 Å². The van der Waals surface area contributed by atoms with Crippen molar-refractivity contribution in [1.82, 2.24) is 15.0 Å². The Balaban J connectivity index is 1.32. The van der Waals surface area contributed by atoms with Crippen LogP contribution < -0.4 is 15.4 Å². The van der Waals surface area contributed by atoms with Crippen LogP contribution in [-0.2, 0) is 0 Å². The van der Waals surface area contributed by atoms with E-state index in [-0.39, 0.29) is 0 Å². The lowest BCUT2D eigenvalue weighted by Crippen LogP contribution is -2.27. The van der Waals surface area contributed by atoms with Gasteiger partial charge in [0.15, 0.2) is 0 Å². The van der Waals surface area contributed by atoms with E-state index in [1.165, 1.54) is 44.9 Å². The van der Waals surface area contributed by atoms with Gasteiger partial charge in [0.1, 0.15) is 11.6 Å². The SMILES string of the molecule is CCCCCCOc1ccc(Nc2nc(C)nc(NC3CC4CCC3C4)n2)cc1. The van der Waals surface area contributed by atoms with Crippen LogP contribution >= 0.6 is 0 Å². The van der Waals surface area contributed by atoms with Gasteiger partial charge >= 0.3 is 0 Å². The number of aryl methyl sites for hydroxylation is 1. The Kier molecular flexibility index (Phi) is 6.47. The minimum atomic E-state index is 0.511. The maximum Gasteiger partial charge on any atom is 0.232 e. The topological polar surface area (TPSA) is 72.0 Å². The smallest absolute Gasteiger partial charge is 0.232 e. The molecule has 1 aromatic carbocycles. The molecular formula is C23H33N5O. The summed E-state index contributed by atoms with van der Waals surface area (Å²) in [5.41, 5.74) is 0.944. The normalized spacial score (nSPS) is 22.6. The number of benzene rings is 1. The summed E-state index contributed by atoms with van der Waals surface area (Å²) in [5.74, 6) is 4.56. The fourth-order valence-corrected chi connectivity index (χ4v) is 4.67. The van der Waals surface area contributed by atoms with Crippen molar-refractivity contribution in [1.29, 1.82) is 0 Å². The summed E-state index contributed by atoms with van der Waals surface area (Å²) in [5, 5.41) is 6.86. The summed E-state index contributed by atoms with van der Waals surface area (Å²) in [7, 11) is 0. The molecule has 0 amide bonds. The van der Waals surface area contributed by atoms with Crippen molar-refractivity contribution in [3.63, 3.8) is 0 Å². The molecule has 2 aromatic rings. The lowest BCUT2D eigenvalue weighted by atomic mass is 9.95. The van der Waals surface area contributed by atoms with Crippen molar-refractivity contribution in [3.8, 4) is 5.75 Å². The zero-order chi connectivity index (χ0) is 20.1. The first-order chi connectivity index (χ1) is 14.2. The first-order valence-electron chi connectivity index (χ1n) is 11.2. The van der Waals surface area contributed by atoms with Crippen molar-refractivity contribution < 1.29 is 4.74 Å². The van der Waals surface area contributed by atoms with Gasteiger partial charge in [-0.05, 0) is 68.7 Å². The first-order valence-corrected chi connectivity index (χ1v) is 11.2. The fourth-order valence-electron chi connectivity index (χ4n) is 4.67. The summed E-state index contributed by atoms with van der Waals surface area (Å²) in [4.78, 5) is 13.5. The Morgan fingerprint density at radius 2 is 1.79 bits per heavy atom. The van der Waals surface area contributed by atoms with E-state index in [1.807, 2.05) is 31.2 Å². The van der Waals surface area contributed by atoms with Gasteiger partial charge < -0.3 is 15.4 Å². The Morgan fingerprint density at radius 1 is 0.966 bits per heavy atom. The lowest BCUT2D eigenvalue weighted by Gasteiger charge is -2.23. The number of anilines is 3. The number of fused-ring (bicyclic) bond motifs is 2. The molecule has 1 heterocycles. The molecule has 0 radical (unpaired) electrons. The number of ether oxygens (including phenoxy) is 1. The zero-order valence-electron chi connectivity index (χ0n) is 17.7. The van der Waals surface area contributed by atoms with E-state index in [1.54, 1.807) is 0 Å². The number of hydrogen-bond acceptors (Lipinski definition) is 6. The molecule has 2 aliphatic carbocycles. The van der Waals surface area contributed by atoms with Crippen LogP contribution in [0.2, 0.25) is 0 Å². The van der Waals surface area contributed by atoms with Crippen LogP contribution in [0.1, 0.15) is 64.1 Å². The average molecular weight is 396 g/mol. The second-order valence-corrected chi connectivity index (χ2v) is 8.51. The summed E-state index contributed by atoms with van der Waals surface area (Å²) >= 11 is 0. The van der Waals surface area contributed by atoms with E-state index < -0.39 is 0 Å². The Morgan fingerprint density at radius 3 is 2.52 bits per heavy atom. The Labute approximate surface area is 173 Å². The zero-order valence-corrected chi connectivity index (χ0v) is 17.7. The van der Waals surface area contributed by atoms with E-state index >= 15 is 0 Å². The average Bonchev–Trinajstić information content (AvgIpc) is 3.32. The third-order valence-electron chi connectivity index (χ3n) is 6.18. The third-order valence-corrected chi connectivity index (χ3v) is 6.18. The number of hydrogen-bond donors (Lipinski definition) is 2. The predicted octanol–water partition coefficient (Wildman–Crippen LogP) is 5.48. The van der Waals surface area contributed by atoms with Crippen molar-refractivity contribution >= 4 is 17.6 Å². The molecule has 0 aliphatic heterocycles. The summed E-state index contributed by atoms with van der Waals surface area (Å²) in [6, 6.07) is 8.50. The summed E-state index contributed by atoms with van der Waals surface area (Å²) < 4.78 is 5.82. The van der Waals surface area contributed by atoms with Crippen molar-refractivity contribution in [2.45, 2.75) is 71.3 Å². The number of unbranched alkanes of at least 4 members (excludes halogenated alkanes) is 3. The second-order valence-electron chi connectivity index (χ2n) is 8.51. The number of aromatic nitrogens is 3. The summed E-state index contributed by atoms with van der Waals surface area (Å²) in [6.45, 7) is 4.91. The molecule has 156 valence electrons. The molecule has 2 N–H and O–H groups in total. The Hall–Kier alpha value is -2.37. The van der Waals surface area contributed by atoms with E-state index in [4.69, 9.17) is 4.74 Å². The molecule has 2 aliphatic rings. The highest BCUT2D eigenvalue weighted by Gasteiger charge is 2.39. The highest BCUT2D eigenvalue weighted by Crippen LogP contribution is 2.45. The predicted molar refractivity (Wildman–Crippen MR) is 117 cm³/mol. The largest absolute Gasteiger partial charge is 0.494 e. The van der Waals surface area contributed by atoms with Crippen LogP contribution in [0, 0.1) is 18.8 Å². The highest BCUT2D eigenvalue weighted by molar-refractivity contribution is 5.55. The molecule has 2 bridgehead atoms. The lowest BCUT2D eigenvalue weighted by molar-refractivity contribution is 0.305. The van der Waals surface area contributed by atoms with Gasteiger partial charge in [0.2, 0.25) is 11.9 Å². The molecule has 6 heteroatoms. The van der Waals surface area contributed by atoms with E-state index in [9.17, 15) is 0 Å². The van der Waals surface area contributed by atoms with E-state index in [0.717, 1.165) is 42.1 Å². The number of nitrogens with one attached hydrogen (secondary N) is 2. The van der Waals surface area contributed by atoms with Gasteiger partial charge in [-0.15, -0.1) is 0 Å². The molecule has 4 rings (SSSR count). The van der Waals surface area contributed by atoms with E-state index in [0.29, 0.717) is 17.9 Å². The van der Waals surface area contributed by atoms with Crippen LogP contribution in [0.5, 0.6) is 5.75 Å². The van der Waals surface area contributed by atoms with Crippen LogP contribution in [-0.4, -0.2) is 27.6 Å². The second kappa shape index (κ2) is 9.42. The molecule has 3 unspecified atom stereocenters. The molecule has 29 heavy (non-hydrogen) atoms. The summed E-state index contributed by atoms with van der Waals surface area (Å²) in [6.07, 6.45) is 10.2. The van der Waals surface area contributed by atoms with Gasteiger partial charge in [-0.1, -0.05) is 32.6 Å². The van der Waals surface area contributed by atoms with E-state index in [2.05, 4.69) is 32.5 Å². The van der Waals surface area contributed by atoms with Crippen LogP contribution in [0.4, 0.5) is 17.6 Å². The molecule has 1 aromatic heterocycles. The first kappa shape index (κ1) is 19.9. The van der Waals surface area contributed by atoms with Gasteiger partial charge in [-0.2, -0.15) is 15.0 Å². The van der Waals surface area contributed by atoms with Crippen LogP contribution in [0.3, 0.4) is 0 Å². The maximum atomic E-state index is 5.82. The molecule has 0 spiro atoms. The molecule has 2 saturated carbocycles. The molecule has 0 saturated heterocycles. The quantitative estimate of drug-likeness (QED) is 0.519. The van der Waals surface area contributed by atoms with Crippen molar-refractivity contribution in [2.24, 2.45) is 11.8 Å². The van der Waals surface area contributed by atoms with Gasteiger partial charge in [-0.3, -0.25) is 0 Å². The fraction of sp³-hybridized carbons (Fsp3) is 0.609. The number of nitrogens with zero attached hydrogens (tertiary/aromatic N) is 3. The van der Waals surface area contributed by atoms with Gasteiger partial charge in [-0.25, -0.2) is 0 Å². The minimum Gasteiger partial charge on any atom is -0.494 e. The molecular weight excluding hydrogens is 362 g/mol. The van der Waals surface area contributed by atoms with Crippen molar-refractivity contribution in [2.75, 3.05) is 17.2 Å². The standard InChI is InChI=1S/C23H33N5O/c1-3-4-5-6-13-29-20-11-9-19(10-12-20)26-22-24-16(2)25-23(28-22)27-21-15-17-7-8-18(21)14-17/h9-12,17-18,21H,3-8,13-15H2,1-2H3,(H2,24,25,26,27,28). The Bertz CT molecular complexity index is 794. The van der Waals surface area contributed by atoms with Gasteiger partial charge in [0.25, 0.3) is 0 Å². The monoisotopic (exact) mass is 395 g/mol. The third kappa shape index (κ3) is 5.37.